The molecule has 20 heavy (non-hydrogen) atoms. The minimum atomic E-state index is -0.545. The maximum absolute atomic E-state index is 12.8. The van der Waals surface area contributed by atoms with E-state index < -0.39 is 12.4 Å². The molecule has 114 valence electrons. The second-order valence-corrected chi connectivity index (χ2v) is 4.65. The molecule has 7 heteroatoms. The zero-order chi connectivity index (χ0) is 13.8. The maximum Gasteiger partial charge on any atom is 0.200 e. The van der Waals surface area contributed by atoms with Crippen molar-refractivity contribution in [2.75, 3.05) is 32.9 Å². The molecule has 1 aromatic rings. The minimum absolute atomic E-state index is 0. The summed E-state index contributed by atoms with van der Waals surface area (Å²) in [6.07, 6.45) is 0.248. The number of phenolic OH excluding ortho intramolecular Hbond substituents is 3. The van der Waals surface area contributed by atoms with Crippen LogP contribution in [0.4, 0.5) is 4.39 Å². The summed E-state index contributed by atoms with van der Waals surface area (Å²) >= 11 is 0. The highest BCUT2D eigenvalue weighted by molar-refractivity contribution is 5.85. The first-order valence-electron chi connectivity index (χ1n) is 6.39. The van der Waals surface area contributed by atoms with Crippen molar-refractivity contribution in [3.63, 3.8) is 0 Å². The SMILES string of the molecule is Cl.Oc1ccc([C@H](CCF)N2CCNCC2)c(O)c1O. The predicted molar refractivity (Wildman–Crippen MR) is 76.5 cm³/mol. The summed E-state index contributed by atoms with van der Waals surface area (Å²) in [7, 11) is 0. The van der Waals surface area contributed by atoms with E-state index in [1.54, 1.807) is 0 Å². The van der Waals surface area contributed by atoms with Crippen molar-refractivity contribution in [2.45, 2.75) is 12.5 Å². The molecule has 1 fully saturated rings. The number of benzene rings is 1. The molecule has 1 atom stereocenters. The van der Waals surface area contributed by atoms with Gasteiger partial charge in [-0.3, -0.25) is 9.29 Å². The summed E-state index contributed by atoms with van der Waals surface area (Å²) < 4.78 is 12.8. The first-order valence-corrected chi connectivity index (χ1v) is 6.39. The zero-order valence-electron chi connectivity index (χ0n) is 11.0. The zero-order valence-corrected chi connectivity index (χ0v) is 11.9. The predicted octanol–water partition coefficient (Wildman–Crippen LogP) is 1.53. The number of nitrogens with one attached hydrogen (secondary N) is 1. The number of nitrogens with zero attached hydrogens (tertiary/aromatic N) is 1. The van der Waals surface area contributed by atoms with Crippen molar-refractivity contribution < 1.29 is 19.7 Å². The Bertz CT molecular complexity index is 442. The number of rotatable bonds is 4. The highest BCUT2D eigenvalue weighted by Crippen LogP contribution is 2.42. The van der Waals surface area contributed by atoms with Crippen LogP contribution >= 0.6 is 12.4 Å². The van der Waals surface area contributed by atoms with Gasteiger partial charge in [0.25, 0.3) is 0 Å². The number of piperazine rings is 1. The van der Waals surface area contributed by atoms with E-state index in [9.17, 15) is 19.7 Å². The third-order valence-electron chi connectivity index (χ3n) is 3.50. The Morgan fingerprint density at radius 2 is 1.80 bits per heavy atom. The minimum Gasteiger partial charge on any atom is -0.504 e. The molecular weight excluding hydrogens is 287 g/mol. The van der Waals surface area contributed by atoms with Gasteiger partial charge >= 0.3 is 0 Å². The van der Waals surface area contributed by atoms with Gasteiger partial charge in [0.05, 0.1) is 6.67 Å². The van der Waals surface area contributed by atoms with Gasteiger partial charge in [-0.2, -0.15) is 0 Å². The molecule has 0 aromatic heterocycles. The third kappa shape index (κ3) is 3.45. The van der Waals surface area contributed by atoms with E-state index in [4.69, 9.17) is 0 Å². The number of phenols is 3. The quantitative estimate of drug-likeness (QED) is 0.635. The van der Waals surface area contributed by atoms with Crippen molar-refractivity contribution in [2.24, 2.45) is 0 Å². The molecular formula is C13H20ClFN2O3. The Kier molecular flexibility index (Phi) is 6.32. The largest absolute Gasteiger partial charge is 0.504 e. The third-order valence-corrected chi connectivity index (χ3v) is 3.50. The molecule has 0 saturated carbocycles. The van der Waals surface area contributed by atoms with E-state index >= 15 is 0 Å². The van der Waals surface area contributed by atoms with Crippen molar-refractivity contribution in [3.8, 4) is 17.2 Å². The molecule has 1 aliphatic rings. The fourth-order valence-corrected chi connectivity index (χ4v) is 2.49. The molecule has 1 saturated heterocycles. The molecule has 0 radical (unpaired) electrons. The first-order chi connectivity index (χ1) is 9.15. The molecule has 0 amide bonds. The number of hydrogen-bond acceptors (Lipinski definition) is 5. The molecule has 2 rings (SSSR count). The topological polar surface area (TPSA) is 76.0 Å². The van der Waals surface area contributed by atoms with Gasteiger partial charge in [-0.25, -0.2) is 0 Å². The summed E-state index contributed by atoms with van der Waals surface area (Å²) in [5.41, 5.74) is 0.454. The van der Waals surface area contributed by atoms with Crippen molar-refractivity contribution >= 4 is 12.4 Å². The van der Waals surface area contributed by atoms with Gasteiger partial charge in [-0.05, 0) is 18.6 Å². The Labute approximate surface area is 123 Å². The van der Waals surface area contributed by atoms with Gasteiger partial charge in [-0.15, -0.1) is 12.4 Å². The first kappa shape index (κ1) is 16.8. The van der Waals surface area contributed by atoms with Crippen LogP contribution in [0.5, 0.6) is 17.2 Å². The fourth-order valence-electron chi connectivity index (χ4n) is 2.49. The average Bonchev–Trinajstić information content (AvgIpc) is 2.44. The monoisotopic (exact) mass is 306 g/mol. The van der Waals surface area contributed by atoms with Crippen LogP contribution in [-0.4, -0.2) is 53.1 Å². The highest BCUT2D eigenvalue weighted by atomic mass is 35.5. The Morgan fingerprint density at radius 3 is 2.40 bits per heavy atom. The Morgan fingerprint density at radius 1 is 1.15 bits per heavy atom. The van der Waals surface area contributed by atoms with Crippen LogP contribution in [0.15, 0.2) is 12.1 Å². The van der Waals surface area contributed by atoms with Gasteiger partial charge in [0.15, 0.2) is 11.5 Å². The van der Waals surface area contributed by atoms with Crippen LogP contribution in [0.1, 0.15) is 18.0 Å². The maximum atomic E-state index is 12.8. The molecule has 1 aliphatic heterocycles. The number of hydrogen-bond donors (Lipinski definition) is 4. The second kappa shape index (κ2) is 7.52. The van der Waals surface area contributed by atoms with E-state index in [1.165, 1.54) is 12.1 Å². The number of halogens is 2. The van der Waals surface area contributed by atoms with Crippen molar-refractivity contribution in [1.29, 1.82) is 0 Å². The Hall–Kier alpha value is -1.24. The summed E-state index contributed by atoms with van der Waals surface area (Å²) in [4.78, 5) is 2.07. The lowest BCUT2D eigenvalue weighted by Crippen LogP contribution is -2.45. The summed E-state index contributed by atoms with van der Waals surface area (Å²) in [5, 5.41) is 32.1. The van der Waals surface area contributed by atoms with Gasteiger partial charge in [0.1, 0.15) is 0 Å². The van der Waals surface area contributed by atoms with Crippen LogP contribution in [0.3, 0.4) is 0 Å². The van der Waals surface area contributed by atoms with Gasteiger partial charge in [0.2, 0.25) is 5.75 Å². The van der Waals surface area contributed by atoms with Crippen LogP contribution in [0.25, 0.3) is 0 Å². The molecule has 5 nitrogen and oxygen atoms in total. The van der Waals surface area contributed by atoms with Crippen LogP contribution in [0, 0.1) is 0 Å². The van der Waals surface area contributed by atoms with Crippen molar-refractivity contribution in [3.05, 3.63) is 17.7 Å². The van der Waals surface area contributed by atoms with Crippen LogP contribution < -0.4 is 5.32 Å². The van der Waals surface area contributed by atoms with E-state index in [1.807, 2.05) is 0 Å². The standard InChI is InChI=1S/C13H19FN2O3.ClH/c14-4-3-10(16-7-5-15-6-8-16)9-1-2-11(17)13(19)12(9)18;/h1-2,10,15,17-19H,3-8H2;1H/t10-;/m0./s1. The molecule has 0 unspecified atom stereocenters. The number of alkyl halides is 1. The van der Waals surface area contributed by atoms with Crippen molar-refractivity contribution in [1.82, 2.24) is 10.2 Å². The molecule has 0 bridgehead atoms. The van der Waals surface area contributed by atoms with Gasteiger partial charge < -0.3 is 20.6 Å². The normalized spacial score (nSPS) is 17.4. The van der Waals surface area contributed by atoms with E-state index in [0.29, 0.717) is 5.56 Å². The molecule has 1 aromatic carbocycles. The Balaban J connectivity index is 0.00000200. The summed E-state index contributed by atoms with van der Waals surface area (Å²) in [5.74, 6) is -1.28. The molecule has 4 N–H and O–H groups in total. The highest BCUT2D eigenvalue weighted by Gasteiger charge is 2.26. The summed E-state index contributed by atoms with van der Waals surface area (Å²) in [6.45, 7) is 2.63. The van der Waals surface area contributed by atoms with Crippen LogP contribution in [-0.2, 0) is 0 Å². The molecule has 0 spiro atoms. The lowest BCUT2D eigenvalue weighted by Gasteiger charge is -2.35. The van der Waals surface area contributed by atoms with Crippen LogP contribution in [0.2, 0.25) is 0 Å². The summed E-state index contributed by atoms with van der Waals surface area (Å²) in [6, 6.07) is 2.56. The van der Waals surface area contributed by atoms with Gasteiger partial charge in [-0.1, -0.05) is 0 Å². The second-order valence-electron chi connectivity index (χ2n) is 4.65. The molecule has 1 heterocycles. The number of aromatic hydroxyl groups is 3. The average molecular weight is 307 g/mol. The van der Waals surface area contributed by atoms with E-state index in [2.05, 4.69) is 10.2 Å². The molecule has 0 aliphatic carbocycles. The van der Waals surface area contributed by atoms with Gasteiger partial charge in [0, 0.05) is 37.8 Å². The lowest BCUT2D eigenvalue weighted by molar-refractivity contribution is 0.154. The van der Waals surface area contributed by atoms with E-state index in [0.717, 1.165) is 26.2 Å². The fraction of sp³-hybridized carbons (Fsp3) is 0.538. The lowest BCUT2D eigenvalue weighted by atomic mass is 9.99. The smallest absolute Gasteiger partial charge is 0.200 e. The van der Waals surface area contributed by atoms with E-state index in [-0.39, 0.29) is 36.4 Å².